The first kappa shape index (κ1) is 8.94. The molecule has 0 aromatic rings. The Balaban J connectivity index is 1.97. The Morgan fingerprint density at radius 2 is 1.64 bits per heavy atom. The Bertz CT molecular complexity index is 254. The molecule has 0 N–H and O–H groups in total. The van der Waals surface area contributed by atoms with E-state index in [1.54, 1.807) is 0 Å². The molecule has 4 rings (SSSR count). The predicted molar refractivity (Wildman–Crippen MR) is 55.9 cm³/mol. The van der Waals surface area contributed by atoms with Gasteiger partial charge in [-0.3, -0.25) is 4.79 Å². The fraction of sp³-hybridized carbons (Fsp3) is 0.923. The largest absolute Gasteiger partial charge is 0.299 e. The second kappa shape index (κ2) is 2.84. The number of Topliss-reactive ketones (excluding diaryl/α,β-unsaturated/α-hetero) is 1. The van der Waals surface area contributed by atoms with Gasteiger partial charge in [-0.2, -0.15) is 0 Å². The zero-order chi connectivity index (χ0) is 9.76. The topological polar surface area (TPSA) is 17.1 Å². The van der Waals surface area contributed by atoms with E-state index in [1.165, 1.54) is 44.9 Å². The molecular weight excluding hydrogens is 172 g/mol. The summed E-state index contributed by atoms with van der Waals surface area (Å²) in [4.78, 5) is 11.8. The van der Waals surface area contributed by atoms with E-state index >= 15 is 0 Å². The minimum atomic E-state index is 0.138. The number of hydrogen-bond donors (Lipinski definition) is 0. The molecule has 4 aliphatic rings. The molecule has 0 amide bonds. The van der Waals surface area contributed by atoms with E-state index in [9.17, 15) is 4.79 Å². The van der Waals surface area contributed by atoms with Crippen molar-refractivity contribution in [3.05, 3.63) is 0 Å². The molecule has 0 spiro atoms. The summed E-state index contributed by atoms with van der Waals surface area (Å²) in [7, 11) is 0. The summed E-state index contributed by atoms with van der Waals surface area (Å²) in [6.45, 7) is 1.84. The van der Waals surface area contributed by atoms with Crippen LogP contribution in [0.15, 0.2) is 0 Å². The van der Waals surface area contributed by atoms with Crippen molar-refractivity contribution in [3.8, 4) is 0 Å². The smallest absolute Gasteiger partial charge is 0.135 e. The average Bonchev–Trinajstić information content (AvgIpc) is 2.31. The van der Waals surface area contributed by atoms with E-state index in [1.807, 2.05) is 6.92 Å². The van der Waals surface area contributed by atoms with Gasteiger partial charge in [0.05, 0.1) is 0 Å². The number of rotatable bonds is 1. The van der Waals surface area contributed by atoms with Gasteiger partial charge in [-0.1, -0.05) is 0 Å². The molecule has 78 valence electrons. The number of carbonyl (C=O) groups is 1. The maximum absolute atomic E-state index is 11.8. The van der Waals surface area contributed by atoms with Crippen LogP contribution in [0.1, 0.15) is 51.9 Å². The van der Waals surface area contributed by atoms with Crippen LogP contribution in [0, 0.1) is 23.2 Å². The first-order valence-electron chi connectivity index (χ1n) is 6.19. The molecule has 0 aromatic carbocycles. The summed E-state index contributed by atoms with van der Waals surface area (Å²) in [6, 6.07) is 0. The van der Waals surface area contributed by atoms with Gasteiger partial charge in [0.25, 0.3) is 0 Å². The number of carbonyl (C=O) groups excluding carboxylic acids is 1. The molecule has 1 heteroatoms. The van der Waals surface area contributed by atoms with Crippen LogP contribution in [0.5, 0.6) is 0 Å². The molecular formula is C13H20O. The highest BCUT2D eigenvalue weighted by molar-refractivity contribution is 5.82. The van der Waals surface area contributed by atoms with Crippen LogP contribution in [0.2, 0.25) is 0 Å². The number of fused-ring (bicyclic) bond motifs is 1. The predicted octanol–water partition coefficient (Wildman–Crippen LogP) is 3.18. The summed E-state index contributed by atoms with van der Waals surface area (Å²) in [5.41, 5.74) is 0.138. The molecule has 0 aromatic heterocycles. The van der Waals surface area contributed by atoms with Gasteiger partial charge in [0, 0.05) is 5.41 Å². The van der Waals surface area contributed by atoms with Crippen LogP contribution in [0.3, 0.4) is 0 Å². The Kier molecular flexibility index (Phi) is 1.81. The molecule has 2 atom stereocenters. The molecule has 0 radical (unpaired) electrons. The minimum Gasteiger partial charge on any atom is -0.299 e. The normalized spacial score (nSPS) is 50.5. The molecule has 0 aliphatic heterocycles. The number of hydrogen-bond acceptors (Lipinski definition) is 1. The molecule has 0 heterocycles. The van der Waals surface area contributed by atoms with Crippen molar-refractivity contribution in [3.63, 3.8) is 0 Å². The molecule has 4 bridgehead atoms. The molecule has 1 nitrogen and oxygen atoms in total. The van der Waals surface area contributed by atoms with Crippen LogP contribution in [0.4, 0.5) is 0 Å². The van der Waals surface area contributed by atoms with Gasteiger partial charge in [-0.15, -0.1) is 0 Å². The average molecular weight is 192 g/mol. The van der Waals surface area contributed by atoms with Gasteiger partial charge in [0.1, 0.15) is 5.78 Å². The summed E-state index contributed by atoms with van der Waals surface area (Å²) in [6.07, 6.45) is 9.32. The minimum absolute atomic E-state index is 0.138. The maximum atomic E-state index is 11.8. The van der Waals surface area contributed by atoms with E-state index in [0.29, 0.717) is 5.78 Å². The van der Waals surface area contributed by atoms with E-state index in [4.69, 9.17) is 0 Å². The summed E-state index contributed by atoms with van der Waals surface area (Å²) in [5, 5.41) is 0. The Morgan fingerprint density at radius 3 is 2.21 bits per heavy atom. The third-order valence-corrected chi connectivity index (χ3v) is 5.14. The summed E-state index contributed by atoms with van der Waals surface area (Å²) in [5.74, 6) is 3.27. The standard InChI is InChI=1S/C13H20O/c1-9(14)13-3-2-10-4-11(7-13)6-12(5-10)8-13/h10-12H,2-8H2,1H3. The number of ketones is 1. The Hall–Kier alpha value is -0.330. The highest BCUT2D eigenvalue weighted by Gasteiger charge is 2.49. The van der Waals surface area contributed by atoms with E-state index in [0.717, 1.165) is 17.8 Å². The molecule has 2 unspecified atom stereocenters. The van der Waals surface area contributed by atoms with Crippen molar-refractivity contribution >= 4 is 5.78 Å². The van der Waals surface area contributed by atoms with Gasteiger partial charge in [-0.05, 0) is 69.6 Å². The van der Waals surface area contributed by atoms with Crippen molar-refractivity contribution in [2.45, 2.75) is 51.9 Å². The van der Waals surface area contributed by atoms with E-state index in [2.05, 4.69) is 0 Å². The first-order chi connectivity index (χ1) is 6.68. The van der Waals surface area contributed by atoms with Crippen molar-refractivity contribution < 1.29 is 4.79 Å². The zero-order valence-corrected chi connectivity index (χ0v) is 9.09. The van der Waals surface area contributed by atoms with E-state index in [-0.39, 0.29) is 5.41 Å². The SMILES string of the molecule is CC(=O)C12CCC3CC(CC(C3)C1)C2. The molecule has 4 fully saturated rings. The van der Waals surface area contributed by atoms with Crippen molar-refractivity contribution in [1.29, 1.82) is 0 Å². The van der Waals surface area contributed by atoms with Crippen LogP contribution >= 0.6 is 0 Å². The molecule has 4 aliphatic carbocycles. The molecule has 0 saturated heterocycles. The lowest BCUT2D eigenvalue weighted by molar-refractivity contribution is -0.130. The Labute approximate surface area is 86.3 Å². The van der Waals surface area contributed by atoms with Crippen molar-refractivity contribution in [2.24, 2.45) is 23.2 Å². The Morgan fingerprint density at radius 1 is 1.07 bits per heavy atom. The van der Waals surface area contributed by atoms with Gasteiger partial charge in [0.2, 0.25) is 0 Å². The highest BCUT2D eigenvalue weighted by atomic mass is 16.1. The van der Waals surface area contributed by atoms with Crippen LogP contribution < -0.4 is 0 Å². The fourth-order valence-electron chi connectivity index (χ4n) is 4.61. The lowest BCUT2D eigenvalue weighted by atomic mass is 9.60. The van der Waals surface area contributed by atoms with E-state index < -0.39 is 0 Å². The highest BCUT2D eigenvalue weighted by Crippen LogP contribution is 2.57. The quantitative estimate of drug-likeness (QED) is 0.623. The zero-order valence-electron chi connectivity index (χ0n) is 9.09. The summed E-state index contributed by atoms with van der Waals surface area (Å²) < 4.78 is 0. The summed E-state index contributed by atoms with van der Waals surface area (Å²) >= 11 is 0. The fourth-order valence-corrected chi connectivity index (χ4v) is 4.61. The second-order valence-electron chi connectivity index (χ2n) is 6.09. The van der Waals surface area contributed by atoms with Crippen LogP contribution in [0.25, 0.3) is 0 Å². The molecule has 14 heavy (non-hydrogen) atoms. The second-order valence-corrected chi connectivity index (χ2v) is 6.09. The third-order valence-electron chi connectivity index (χ3n) is 5.14. The van der Waals surface area contributed by atoms with Gasteiger partial charge >= 0.3 is 0 Å². The van der Waals surface area contributed by atoms with Crippen molar-refractivity contribution in [1.82, 2.24) is 0 Å². The van der Waals surface area contributed by atoms with Gasteiger partial charge in [-0.25, -0.2) is 0 Å². The van der Waals surface area contributed by atoms with Crippen LogP contribution in [-0.4, -0.2) is 5.78 Å². The monoisotopic (exact) mass is 192 g/mol. The van der Waals surface area contributed by atoms with Gasteiger partial charge in [0.15, 0.2) is 0 Å². The third kappa shape index (κ3) is 1.17. The van der Waals surface area contributed by atoms with Gasteiger partial charge < -0.3 is 0 Å². The first-order valence-corrected chi connectivity index (χ1v) is 6.19. The molecule has 4 saturated carbocycles. The lowest BCUT2D eigenvalue weighted by Gasteiger charge is -2.44. The van der Waals surface area contributed by atoms with Crippen molar-refractivity contribution in [2.75, 3.05) is 0 Å². The van der Waals surface area contributed by atoms with Crippen LogP contribution in [-0.2, 0) is 4.79 Å². The maximum Gasteiger partial charge on any atom is 0.135 e. The lowest BCUT2D eigenvalue weighted by Crippen LogP contribution is -2.38.